The molecule has 2 saturated heterocycles. The molecule has 0 unspecified atom stereocenters. The van der Waals surface area contributed by atoms with Gasteiger partial charge in [0.2, 0.25) is 0 Å². The van der Waals surface area contributed by atoms with E-state index in [-0.39, 0.29) is 17.8 Å². The van der Waals surface area contributed by atoms with Gasteiger partial charge in [0.05, 0.1) is 6.10 Å². The predicted octanol–water partition coefficient (Wildman–Crippen LogP) is 3.41. The van der Waals surface area contributed by atoms with Crippen molar-refractivity contribution in [1.29, 1.82) is 0 Å². The van der Waals surface area contributed by atoms with Crippen molar-refractivity contribution in [1.82, 2.24) is 4.90 Å². The molecule has 2 aliphatic heterocycles. The lowest BCUT2D eigenvalue weighted by Crippen LogP contribution is -2.48. The summed E-state index contributed by atoms with van der Waals surface area (Å²) in [5.41, 5.74) is 2.48. The van der Waals surface area contributed by atoms with Crippen LogP contribution in [0.3, 0.4) is 0 Å². The Hall–Kier alpha value is -2.86. The number of benzene rings is 2. The van der Waals surface area contributed by atoms with Crippen molar-refractivity contribution in [3.05, 3.63) is 59.7 Å². The Morgan fingerprint density at radius 3 is 2.23 bits per heavy atom. The van der Waals surface area contributed by atoms with E-state index in [0.29, 0.717) is 25.3 Å². The highest BCUT2D eigenvalue weighted by molar-refractivity contribution is 5.95. The summed E-state index contributed by atoms with van der Waals surface area (Å²) in [4.78, 5) is 28.4. The van der Waals surface area contributed by atoms with E-state index in [0.717, 1.165) is 49.5 Å². The van der Waals surface area contributed by atoms with Crippen LogP contribution >= 0.6 is 0 Å². The summed E-state index contributed by atoms with van der Waals surface area (Å²) in [6, 6.07) is 15.0. The minimum atomic E-state index is 0.0484. The molecule has 0 saturated carbocycles. The molecule has 6 nitrogen and oxygen atoms in total. The molecule has 2 heterocycles. The molecule has 0 aliphatic carbocycles. The van der Waals surface area contributed by atoms with E-state index in [1.54, 1.807) is 6.92 Å². The number of ether oxygens (including phenoxy) is 2. The highest BCUT2D eigenvalue weighted by Crippen LogP contribution is 2.20. The van der Waals surface area contributed by atoms with Crippen molar-refractivity contribution in [3.63, 3.8) is 0 Å². The second-order valence-electron chi connectivity index (χ2n) is 7.85. The van der Waals surface area contributed by atoms with Crippen molar-refractivity contribution in [3.8, 4) is 5.75 Å². The Balaban J connectivity index is 1.28. The summed E-state index contributed by atoms with van der Waals surface area (Å²) in [6.45, 7) is 5.83. The van der Waals surface area contributed by atoms with Gasteiger partial charge in [-0.2, -0.15) is 0 Å². The van der Waals surface area contributed by atoms with Crippen LogP contribution < -0.4 is 9.64 Å². The number of ketones is 1. The van der Waals surface area contributed by atoms with Crippen LogP contribution in [0.25, 0.3) is 0 Å². The normalized spacial score (nSPS) is 19.0. The Bertz CT molecular complexity index is 865. The maximum Gasteiger partial charge on any atom is 0.253 e. The lowest BCUT2D eigenvalue weighted by molar-refractivity contribution is 0.0678. The first-order valence-corrected chi connectivity index (χ1v) is 10.6. The Morgan fingerprint density at radius 1 is 0.967 bits per heavy atom. The third-order valence-corrected chi connectivity index (χ3v) is 5.77. The minimum absolute atomic E-state index is 0.0484. The molecule has 0 radical (unpaired) electrons. The highest BCUT2D eigenvalue weighted by Gasteiger charge is 2.22. The third-order valence-electron chi connectivity index (χ3n) is 5.77. The zero-order chi connectivity index (χ0) is 20.9. The van der Waals surface area contributed by atoms with E-state index < -0.39 is 0 Å². The quantitative estimate of drug-likeness (QED) is 0.686. The van der Waals surface area contributed by atoms with E-state index in [4.69, 9.17) is 9.47 Å². The smallest absolute Gasteiger partial charge is 0.253 e. The molecular weight excluding hydrogens is 380 g/mol. The van der Waals surface area contributed by atoms with E-state index >= 15 is 0 Å². The van der Waals surface area contributed by atoms with Crippen LogP contribution in [0.2, 0.25) is 0 Å². The topological polar surface area (TPSA) is 59.1 Å². The molecule has 0 aromatic heterocycles. The van der Waals surface area contributed by atoms with Crippen molar-refractivity contribution in [2.45, 2.75) is 25.9 Å². The van der Waals surface area contributed by atoms with Crippen molar-refractivity contribution in [2.24, 2.45) is 0 Å². The molecule has 158 valence electrons. The van der Waals surface area contributed by atoms with Crippen LogP contribution in [0, 0.1) is 0 Å². The Kier molecular flexibility index (Phi) is 6.33. The van der Waals surface area contributed by atoms with Crippen molar-refractivity contribution >= 4 is 17.4 Å². The maximum absolute atomic E-state index is 12.8. The summed E-state index contributed by atoms with van der Waals surface area (Å²) in [5.74, 6) is 0.883. The number of piperazine rings is 1. The van der Waals surface area contributed by atoms with Crippen LogP contribution in [0.5, 0.6) is 5.75 Å². The molecule has 1 amide bonds. The zero-order valence-corrected chi connectivity index (χ0v) is 17.4. The molecule has 2 fully saturated rings. The molecule has 2 aliphatic rings. The van der Waals surface area contributed by atoms with Gasteiger partial charge in [-0.25, -0.2) is 0 Å². The average molecular weight is 408 g/mol. The van der Waals surface area contributed by atoms with Crippen molar-refractivity contribution < 1.29 is 19.1 Å². The van der Waals surface area contributed by atoms with E-state index in [1.807, 2.05) is 53.4 Å². The van der Waals surface area contributed by atoms with Crippen molar-refractivity contribution in [2.75, 3.05) is 44.3 Å². The van der Waals surface area contributed by atoms with Gasteiger partial charge < -0.3 is 19.3 Å². The monoisotopic (exact) mass is 408 g/mol. The van der Waals surface area contributed by atoms with Gasteiger partial charge in [0.25, 0.3) is 5.91 Å². The molecule has 2 aromatic carbocycles. The summed E-state index contributed by atoms with van der Waals surface area (Å²) < 4.78 is 11.3. The van der Waals surface area contributed by atoms with Gasteiger partial charge in [-0.3, -0.25) is 9.59 Å². The molecule has 4 rings (SSSR count). The zero-order valence-electron chi connectivity index (χ0n) is 17.4. The molecular formula is C24H28N2O4. The van der Waals surface area contributed by atoms with E-state index in [2.05, 4.69) is 4.90 Å². The molecule has 6 heteroatoms. The average Bonchev–Trinajstić information content (AvgIpc) is 3.31. The van der Waals surface area contributed by atoms with Crippen LogP contribution in [-0.4, -0.2) is 62.1 Å². The molecule has 1 atom stereocenters. The number of rotatable bonds is 6. The van der Waals surface area contributed by atoms with Gasteiger partial charge in [0.15, 0.2) is 5.78 Å². The number of carbonyl (C=O) groups is 2. The maximum atomic E-state index is 12.8. The number of hydrogen-bond acceptors (Lipinski definition) is 5. The SMILES string of the molecule is CC(=O)c1ccc(N2CCN(C(=O)c3ccc(OC[C@H]4CCCO4)cc3)CC2)cc1. The first-order valence-electron chi connectivity index (χ1n) is 10.6. The Morgan fingerprint density at radius 2 is 1.63 bits per heavy atom. The van der Waals surface area contributed by atoms with Crippen LogP contribution in [0.4, 0.5) is 5.69 Å². The number of Topliss-reactive ketones (excluding diaryl/α,β-unsaturated/α-hetero) is 1. The first kappa shape index (κ1) is 20.4. The number of amides is 1. The third kappa shape index (κ3) is 4.82. The fourth-order valence-corrected chi connectivity index (χ4v) is 3.92. The lowest BCUT2D eigenvalue weighted by Gasteiger charge is -2.36. The van der Waals surface area contributed by atoms with Gasteiger partial charge in [-0.1, -0.05) is 0 Å². The van der Waals surface area contributed by atoms with Gasteiger partial charge in [0.1, 0.15) is 12.4 Å². The predicted molar refractivity (Wildman–Crippen MR) is 115 cm³/mol. The number of hydrogen-bond donors (Lipinski definition) is 0. The standard InChI is InChI=1S/C24H28N2O4/c1-18(27)19-4-8-21(9-5-19)25-12-14-26(15-13-25)24(28)20-6-10-22(11-7-20)30-17-23-3-2-16-29-23/h4-11,23H,2-3,12-17H2,1H3/t23-/m1/s1. The second kappa shape index (κ2) is 9.30. The second-order valence-corrected chi connectivity index (χ2v) is 7.85. The number of nitrogens with zero attached hydrogens (tertiary/aromatic N) is 2. The highest BCUT2D eigenvalue weighted by atomic mass is 16.5. The van der Waals surface area contributed by atoms with Crippen LogP contribution in [0.15, 0.2) is 48.5 Å². The molecule has 30 heavy (non-hydrogen) atoms. The molecule has 0 spiro atoms. The van der Waals surface area contributed by atoms with Gasteiger partial charge >= 0.3 is 0 Å². The first-order chi connectivity index (χ1) is 14.6. The van der Waals surface area contributed by atoms with E-state index in [1.165, 1.54) is 0 Å². The van der Waals surface area contributed by atoms with Gasteiger partial charge in [-0.15, -0.1) is 0 Å². The largest absolute Gasteiger partial charge is 0.491 e. The van der Waals surface area contributed by atoms with Gasteiger partial charge in [-0.05, 0) is 68.3 Å². The molecule has 2 aromatic rings. The molecule has 0 N–H and O–H groups in total. The number of anilines is 1. The van der Waals surface area contributed by atoms with Gasteiger partial charge in [0, 0.05) is 49.6 Å². The lowest BCUT2D eigenvalue weighted by atomic mass is 10.1. The fraction of sp³-hybridized carbons (Fsp3) is 0.417. The minimum Gasteiger partial charge on any atom is -0.491 e. The number of carbonyl (C=O) groups excluding carboxylic acids is 2. The Labute approximate surface area is 177 Å². The summed E-state index contributed by atoms with van der Waals surface area (Å²) in [5, 5.41) is 0. The summed E-state index contributed by atoms with van der Waals surface area (Å²) in [6.07, 6.45) is 2.32. The van der Waals surface area contributed by atoms with Crippen LogP contribution in [0.1, 0.15) is 40.5 Å². The molecule has 0 bridgehead atoms. The van der Waals surface area contributed by atoms with Crippen LogP contribution in [-0.2, 0) is 4.74 Å². The summed E-state index contributed by atoms with van der Waals surface area (Å²) >= 11 is 0. The fourth-order valence-electron chi connectivity index (χ4n) is 3.92. The van der Waals surface area contributed by atoms with E-state index in [9.17, 15) is 9.59 Å². The summed E-state index contributed by atoms with van der Waals surface area (Å²) in [7, 11) is 0.